The first-order chi connectivity index (χ1) is 11.5. The van der Waals surface area contributed by atoms with Crippen molar-refractivity contribution in [2.45, 2.75) is 19.8 Å². The molecule has 0 radical (unpaired) electrons. The summed E-state index contributed by atoms with van der Waals surface area (Å²) in [4.78, 5) is 0.272. The summed E-state index contributed by atoms with van der Waals surface area (Å²) < 4.78 is 16.8. The molecule has 0 atom stereocenters. The molecule has 0 aromatic heterocycles. The summed E-state index contributed by atoms with van der Waals surface area (Å²) in [6.07, 6.45) is 0. The Hall–Kier alpha value is -2.27. The highest BCUT2D eigenvalue weighted by Crippen LogP contribution is 2.31. The Balaban J connectivity index is 1.93. The lowest BCUT2D eigenvalue weighted by atomic mass is 10.0. The Morgan fingerprint density at radius 1 is 1.04 bits per heavy atom. The molecule has 4 nitrogen and oxygen atoms in total. The first-order valence-electron chi connectivity index (χ1n) is 7.85. The minimum Gasteiger partial charge on any atom is -0.493 e. The normalized spacial score (nSPS) is 10.5. The van der Waals surface area contributed by atoms with Crippen molar-refractivity contribution in [3.63, 3.8) is 0 Å². The van der Waals surface area contributed by atoms with E-state index in [1.807, 2.05) is 30.3 Å². The predicted octanol–water partition coefficient (Wildman–Crippen LogP) is 3.91. The van der Waals surface area contributed by atoms with Gasteiger partial charge in [-0.15, -0.1) is 0 Å². The molecule has 0 bridgehead atoms. The van der Waals surface area contributed by atoms with Gasteiger partial charge in [-0.2, -0.15) is 0 Å². The van der Waals surface area contributed by atoms with Gasteiger partial charge in [-0.3, -0.25) is 0 Å². The fourth-order valence-corrected chi connectivity index (χ4v) is 2.43. The van der Waals surface area contributed by atoms with Gasteiger partial charge in [0.1, 0.15) is 24.0 Å². The van der Waals surface area contributed by atoms with Gasteiger partial charge in [-0.1, -0.05) is 44.3 Å². The van der Waals surface area contributed by atoms with Gasteiger partial charge in [0.2, 0.25) is 0 Å². The lowest BCUT2D eigenvalue weighted by Gasteiger charge is -2.15. The van der Waals surface area contributed by atoms with Crippen LogP contribution in [0.2, 0.25) is 0 Å². The first kappa shape index (κ1) is 18.1. The van der Waals surface area contributed by atoms with E-state index in [1.54, 1.807) is 7.11 Å². The van der Waals surface area contributed by atoms with Gasteiger partial charge >= 0.3 is 0 Å². The molecule has 0 unspecified atom stereocenters. The molecule has 0 aliphatic rings. The van der Waals surface area contributed by atoms with Crippen molar-refractivity contribution in [3.05, 3.63) is 53.6 Å². The Morgan fingerprint density at radius 3 is 2.29 bits per heavy atom. The third kappa shape index (κ3) is 4.61. The second-order valence-corrected chi connectivity index (χ2v) is 6.06. The average molecular weight is 345 g/mol. The van der Waals surface area contributed by atoms with Gasteiger partial charge in [-0.05, 0) is 35.7 Å². The maximum atomic E-state index is 5.79. The molecule has 2 N–H and O–H groups in total. The zero-order valence-electron chi connectivity index (χ0n) is 14.2. The van der Waals surface area contributed by atoms with Crippen molar-refractivity contribution < 1.29 is 14.2 Å². The maximum Gasteiger partial charge on any atom is 0.171 e. The van der Waals surface area contributed by atoms with E-state index >= 15 is 0 Å². The number of hydrogen-bond donors (Lipinski definition) is 1. The van der Waals surface area contributed by atoms with E-state index in [0.717, 1.165) is 5.75 Å². The Labute approximate surface area is 148 Å². The smallest absolute Gasteiger partial charge is 0.171 e. The van der Waals surface area contributed by atoms with Crippen LogP contribution in [-0.4, -0.2) is 25.3 Å². The zero-order chi connectivity index (χ0) is 17.5. The summed E-state index contributed by atoms with van der Waals surface area (Å²) in [7, 11) is 1.58. The highest BCUT2D eigenvalue weighted by Gasteiger charge is 2.12. The largest absolute Gasteiger partial charge is 0.493 e. The van der Waals surface area contributed by atoms with Crippen LogP contribution in [0.1, 0.15) is 30.9 Å². The van der Waals surface area contributed by atoms with Gasteiger partial charge in [-0.25, -0.2) is 0 Å². The average Bonchev–Trinajstić information content (AvgIpc) is 2.58. The number of rotatable bonds is 8. The minimum atomic E-state index is 0.272. The number of para-hydroxylation sites is 1. The summed E-state index contributed by atoms with van der Waals surface area (Å²) in [5, 5.41) is 0. The minimum absolute atomic E-state index is 0.272. The summed E-state index contributed by atoms with van der Waals surface area (Å²) in [6.45, 7) is 5.10. The van der Waals surface area contributed by atoms with E-state index in [-0.39, 0.29) is 4.99 Å². The lowest BCUT2D eigenvalue weighted by molar-refractivity contribution is 0.211. The molecule has 0 saturated carbocycles. The third-order valence-corrected chi connectivity index (χ3v) is 3.83. The number of thiocarbonyl (C=S) groups is 1. The highest BCUT2D eigenvalue weighted by molar-refractivity contribution is 7.80. The van der Waals surface area contributed by atoms with Crippen LogP contribution in [0.4, 0.5) is 0 Å². The van der Waals surface area contributed by atoms with Crippen LogP contribution in [0.5, 0.6) is 17.2 Å². The first-order valence-corrected chi connectivity index (χ1v) is 8.26. The number of ether oxygens (including phenoxy) is 3. The van der Waals surface area contributed by atoms with Crippen molar-refractivity contribution in [1.82, 2.24) is 0 Å². The van der Waals surface area contributed by atoms with Crippen LogP contribution in [0.3, 0.4) is 0 Å². The van der Waals surface area contributed by atoms with E-state index in [9.17, 15) is 0 Å². The molecule has 0 fully saturated rings. The van der Waals surface area contributed by atoms with Crippen LogP contribution in [0.25, 0.3) is 0 Å². The molecule has 0 aliphatic carbocycles. The predicted molar refractivity (Wildman–Crippen MR) is 100 cm³/mol. The van der Waals surface area contributed by atoms with E-state index in [0.29, 0.717) is 36.2 Å². The molecule has 24 heavy (non-hydrogen) atoms. The van der Waals surface area contributed by atoms with Crippen LogP contribution in [-0.2, 0) is 0 Å². The topological polar surface area (TPSA) is 53.7 Å². The molecule has 5 heteroatoms. The fourth-order valence-electron chi connectivity index (χ4n) is 2.27. The second-order valence-electron chi connectivity index (χ2n) is 5.62. The lowest BCUT2D eigenvalue weighted by Crippen LogP contribution is -2.15. The molecule has 0 amide bonds. The SMILES string of the molecule is COc1cccc(C(N)=S)c1OCCOc1ccc(C(C)C)cc1. The molecule has 128 valence electrons. The van der Waals surface area contributed by atoms with Crippen molar-refractivity contribution in [2.75, 3.05) is 20.3 Å². The molecule has 0 spiro atoms. The van der Waals surface area contributed by atoms with Gasteiger partial charge < -0.3 is 19.9 Å². The van der Waals surface area contributed by atoms with Gasteiger partial charge in [0.25, 0.3) is 0 Å². The molecule has 0 saturated heterocycles. The van der Waals surface area contributed by atoms with Crippen molar-refractivity contribution in [2.24, 2.45) is 5.73 Å². The van der Waals surface area contributed by atoms with Crippen molar-refractivity contribution in [3.8, 4) is 17.2 Å². The number of hydrogen-bond acceptors (Lipinski definition) is 4. The van der Waals surface area contributed by atoms with E-state index < -0.39 is 0 Å². The molecule has 2 rings (SSSR count). The molecular weight excluding hydrogens is 322 g/mol. The monoisotopic (exact) mass is 345 g/mol. The fraction of sp³-hybridized carbons (Fsp3) is 0.316. The van der Waals surface area contributed by atoms with Gasteiger partial charge in [0.05, 0.1) is 12.7 Å². The van der Waals surface area contributed by atoms with Crippen LogP contribution >= 0.6 is 12.2 Å². The Morgan fingerprint density at radius 2 is 1.71 bits per heavy atom. The molecule has 2 aromatic carbocycles. The second kappa shape index (κ2) is 8.55. The number of benzene rings is 2. The summed E-state index contributed by atoms with van der Waals surface area (Å²) in [5.74, 6) is 2.47. The van der Waals surface area contributed by atoms with Crippen molar-refractivity contribution >= 4 is 17.2 Å². The van der Waals surface area contributed by atoms with Gasteiger partial charge in [0.15, 0.2) is 11.5 Å². The quantitative estimate of drug-likeness (QED) is 0.581. The van der Waals surface area contributed by atoms with E-state index in [2.05, 4.69) is 26.0 Å². The third-order valence-electron chi connectivity index (χ3n) is 3.61. The number of nitrogens with two attached hydrogens (primary N) is 1. The number of methoxy groups -OCH3 is 1. The molecule has 0 aliphatic heterocycles. The Kier molecular flexibility index (Phi) is 6.44. The van der Waals surface area contributed by atoms with E-state index in [1.165, 1.54) is 5.56 Å². The molecule has 2 aromatic rings. The zero-order valence-corrected chi connectivity index (χ0v) is 15.1. The van der Waals surface area contributed by atoms with Crippen LogP contribution in [0, 0.1) is 0 Å². The highest BCUT2D eigenvalue weighted by atomic mass is 32.1. The van der Waals surface area contributed by atoms with Crippen molar-refractivity contribution in [1.29, 1.82) is 0 Å². The van der Waals surface area contributed by atoms with Crippen LogP contribution in [0.15, 0.2) is 42.5 Å². The summed E-state index contributed by atoms with van der Waals surface area (Å²) in [5.41, 5.74) is 7.68. The van der Waals surface area contributed by atoms with Crippen LogP contribution < -0.4 is 19.9 Å². The maximum absolute atomic E-state index is 5.79. The molecular formula is C19H23NO3S. The molecule has 0 heterocycles. The Bertz CT molecular complexity index is 684. The standard InChI is InChI=1S/C19H23NO3S/c1-13(2)14-7-9-15(10-8-14)22-11-12-23-18-16(19(20)24)5-4-6-17(18)21-3/h4-10,13H,11-12H2,1-3H3,(H2,20,24). The summed E-state index contributed by atoms with van der Waals surface area (Å²) in [6, 6.07) is 13.5. The van der Waals surface area contributed by atoms with Gasteiger partial charge in [0, 0.05) is 0 Å². The summed E-state index contributed by atoms with van der Waals surface area (Å²) >= 11 is 5.06. The van der Waals surface area contributed by atoms with E-state index in [4.69, 9.17) is 32.2 Å².